The van der Waals surface area contributed by atoms with E-state index in [-0.39, 0.29) is 18.1 Å². The number of hydrogen-bond acceptors (Lipinski definition) is 5. The molecule has 7 nitrogen and oxygen atoms in total. The lowest BCUT2D eigenvalue weighted by atomic mass is 10.0. The maximum absolute atomic E-state index is 12.6. The third-order valence-electron chi connectivity index (χ3n) is 3.99. The number of ether oxygens (including phenoxy) is 3. The molecule has 2 aliphatic heterocycles. The lowest BCUT2D eigenvalue weighted by molar-refractivity contribution is -0.139. The molecule has 0 saturated carbocycles. The van der Waals surface area contributed by atoms with Gasteiger partial charge in [-0.05, 0) is 41.5 Å². The first-order chi connectivity index (χ1) is 10.5. The molecular formula is C16H28N2O5. The first-order valence-corrected chi connectivity index (χ1v) is 8.11. The number of hydrogen-bond donors (Lipinski definition) is 1. The summed E-state index contributed by atoms with van der Waals surface area (Å²) >= 11 is 0. The SMILES string of the molecule is CC1OC(C)(C)N(C(=O)OC(C)(C)C)[C@H]1C[C@@H]1OCCNC1=O. The number of amides is 2. The number of nitrogens with one attached hydrogen (secondary N) is 1. The highest BCUT2D eigenvalue weighted by Gasteiger charge is 2.50. The van der Waals surface area contributed by atoms with Crippen molar-refractivity contribution in [2.45, 2.75) is 77.5 Å². The lowest BCUT2D eigenvalue weighted by Gasteiger charge is -2.36. The summed E-state index contributed by atoms with van der Waals surface area (Å²) in [6.45, 7) is 12.0. The molecule has 0 radical (unpaired) electrons. The molecule has 2 fully saturated rings. The molecule has 0 bridgehead atoms. The molecule has 23 heavy (non-hydrogen) atoms. The summed E-state index contributed by atoms with van der Waals surface area (Å²) < 4.78 is 17.0. The molecule has 1 N–H and O–H groups in total. The molecular weight excluding hydrogens is 300 g/mol. The Morgan fingerprint density at radius 1 is 1.43 bits per heavy atom. The Morgan fingerprint density at radius 3 is 2.65 bits per heavy atom. The molecule has 2 aliphatic rings. The van der Waals surface area contributed by atoms with Gasteiger partial charge in [-0.2, -0.15) is 0 Å². The van der Waals surface area contributed by atoms with Crippen LogP contribution in [-0.4, -0.2) is 59.6 Å². The monoisotopic (exact) mass is 328 g/mol. The average molecular weight is 328 g/mol. The molecule has 3 atom stereocenters. The zero-order valence-electron chi connectivity index (χ0n) is 14.8. The van der Waals surface area contributed by atoms with Gasteiger partial charge in [0.25, 0.3) is 0 Å². The van der Waals surface area contributed by atoms with Crippen molar-refractivity contribution in [1.82, 2.24) is 10.2 Å². The van der Waals surface area contributed by atoms with Crippen molar-refractivity contribution in [1.29, 1.82) is 0 Å². The Labute approximate surface area is 137 Å². The smallest absolute Gasteiger partial charge is 0.412 e. The van der Waals surface area contributed by atoms with Crippen LogP contribution in [0.25, 0.3) is 0 Å². The predicted octanol–water partition coefficient (Wildman–Crippen LogP) is 1.65. The fraction of sp³-hybridized carbons (Fsp3) is 0.875. The van der Waals surface area contributed by atoms with Crippen LogP contribution in [0.3, 0.4) is 0 Å². The lowest BCUT2D eigenvalue weighted by Crippen LogP contribution is -2.53. The second kappa shape index (κ2) is 6.28. The molecule has 132 valence electrons. The van der Waals surface area contributed by atoms with E-state index >= 15 is 0 Å². The van der Waals surface area contributed by atoms with Gasteiger partial charge in [0.2, 0.25) is 5.91 Å². The van der Waals surface area contributed by atoms with Crippen molar-refractivity contribution in [3.05, 3.63) is 0 Å². The Hall–Kier alpha value is -1.34. The van der Waals surface area contributed by atoms with Crippen LogP contribution in [0.15, 0.2) is 0 Å². The van der Waals surface area contributed by atoms with Crippen molar-refractivity contribution >= 4 is 12.0 Å². The minimum absolute atomic E-state index is 0.141. The van der Waals surface area contributed by atoms with Gasteiger partial charge in [0.1, 0.15) is 17.4 Å². The normalized spacial score (nSPS) is 31.0. The second-order valence-corrected chi connectivity index (χ2v) is 7.57. The predicted molar refractivity (Wildman–Crippen MR) is 83.9 cm³/mol. The fourth-order valence-corrected chi connectivity index (χ4v) is 3.12. The molecule has 2 heterocycles. The van der Waals surface area contributed by atoms with Crippen molar-refractivity contribution in [3.8, 4) is 0 Å². The molecule has 0 aromatic heterocycles. The van der Waals surface area contributed by atoms with Crippen LogP contribution in [0.4, 0.5) is 4.79 Å². The summed E-state index contributed by atoms with van der Waals surface area (Å²) in [4.78, 5) is 26.2. The van der Waals surface area contributed by atoms with E-state index in [1.807, 2.05) is 41.5 Å². The molecule has 2 amide bonds. The van der Waals surface area contributed by atoms with E-state index in [1.165, 1.54) is 0 Å². The van der Waals surface area contributed by atoms with Gasteiger partial charge in [0.15, 0.2) is 0 Å². The first-order valence-electron chi connectivity index (χ1n) is 8.11. The first kappa shape index (κ1) is 18.0. The van der Waals surface area contributed by atoms with E-state index in [0.717, 1.165) is 0 Å². The molecule has 1 unspecified atom stereocenters. The van der Waals surface area contributed by atoms with Crippen LogP contribution in [-0.2, 0) is 19.0 Å². The highest BCUT2D eigenvalue weighted by Crippen LogP contribution is 2.36. The van der Waals surface area contributed by atoms with Crippen LogP contribution in [0, 0.1) is 0 Å². The number of carbonyl (C=O) groups is 2. The van der Waals surface area contributed by atoms with E-state index in [1.54, 1.807) is 4.90 Å². The van der Waals surface area contributed by atoms with Crippen LogP contribution in [0.5, 0.6) is 0 Å². The number of rotatable bonds is 2. The standard InChI is InChI=1S/C16H28N2O5/c1-10-11(9-12-13(19)17-7-8-21-12)18(16(5,6)22-10)14(20)23-15(2,3)4/h10-12H,7-9H2,1-6H3,(H,17,19)/t10?,11-,12-/m0/s1. The van der Waals surface area contributed by atoms with Gasteiger partial charge in [-0.3, -0.25) is 9.69 Å². The van der Waals surface area contributed by atoms with Gasteiger partial charge in [0.05, 0.1) is 18.8 Å². The number of morpholine rings is 1. The Morgan fingerprint density at radius 2 is 2.09 bits per heavy atom. The summed E-state index contributed by atoms with van der Waals surface area (Å²) in [5, 5.41) is 2.78. The molecule has 0 aliphatic carbocycles. The van der Waals surface area contributed by atoms with Crippen molar-refractivity contribution in [2.75, 3.05) is 13.2 Å². The van der Waals surface area contributed by atoms with E-state index in [4.69, 9.17) is 14.2 Å². The van der Waals surface area contributed by atoms with Crippen LogP contribution >= 0.6 is 0 Å². The highest BCUT2D eigenvalue weighted by atomic mass is 16.6. The van der Waals surface area contributed by atoms with E-state index in [9.17, 15) is 9.59 Å². The molecule has 0 aromatic rings. The van der Waals surface area contributed by atoms with Crippen molar-refractivity contribution in [2.24, 2.45) is 0 Å². The Kier molecular flexibility index (Phi) is 4.92. The molecule has 2 saturated heterocycles. The van der Waals surface area contributed by atoms with Gasteiger partial charge < -0.3 is 19.5 Å². The topological polar surface area (TPSA) is 77.1 Å². The summed E-state index contributed by atoms with van der Waals surface area (Å²) in [7, 11) is 0. The van der Waals surface area contributed by atoms with Crippen LogP contribution in [0.1, 0.15) is 48.0 Å². The maximum Gasteiger partial charge on any atom is 0.412 e. The second-order valence-electron chi connectivity index (χ2n) is 7.57. The van der Waals surface area contributed by atoms with Crippen LogP contribution in [0.2, 0.25) is 0 Å². The van der Waals surface area contributed by atoms with E-state index < -0.39 is 23.5 Å². The summed E-state index contributed by atoms with van der Waals surface area (Å²) in [5.41, 5.74) is -1.39. The number of carbonyl (C=O) groups excluding carboxylic acids is 2. The Balaban J connectivity index is 2.17. The quantitative estimate of drug-likeness (QED) is 0.834. The van der Waals surface area contributed by atoms with Crippen molar-refractivity contribution in [3.63, 3.8) is 0 Å². The molecule has 0 aromatic carbocycles. The zero-order valence-corrected chi connectivity index (χ0v) is 14.8. The van der Waals surface area contributed by atoms with E-state index in [0.29, 0.717) is 19.6 Å². The van der Waals surface area contributed by atoms with Gasteiger partial charge in [-0.25, -0.2) is 4.79 Å². The van der Waals surface area contributed by atoms with Gasteiger partial charge in [-0.1, -0.05) is 0 Å². The largest absolute Gasteiger partial charge is 0.444 e. The third-order valence-corrected chi connectivity index (χ3v) is 3.99. The minimum Gasteiger partial charge on any atom is -0.444 e. The maximum atomic E-state index is 12.6. The average Bonchev–Trinajstić information content (AvgIpc) is 2.59. The fourth-order valence-electron chi connectivity index (χ4n) is 3.12. The highest BCUT2D eigenvalue weighted by molar-refractivity contribution is 5.81. The molecule has 0 spiro atoms. The van der Waals surface area contributed by atoms with Gasteiger partial charge >= 0.3 is 6.09 Å². The van der Waals surface area contributed by atoms with Gasteiger partial charge in [-0.15, -0.1) is 0 Å². The van der Waals surface area contributed by atoms with Crippen molar-refractivity contribution < 1.29 is 23.8 Å². The third kappa shape index (κ3) is 4.14. The number of nitrogens with zero attached hydrogens (tertiary/aromatic N) is 1. The zero-order chi connectivity index (χ0) is 17.4. The minimum atomic E-state index is -0.794. The van der Waals surface area contributed by atoms with E-state index in [2.05, 4.69) is 5.32 Å². The molecule has 2 rings (SSSR count). The summed E-state index contributed by atoms with van der Waals surface area (Å²) in [6.07, 6.45) is -0.835. The summed E-state index contributed by atoms with van der Waals surface area (Å²) in [5.74, 6) is -0.141. The van der Waals surface area contributed by atoms with Gasteiger partial charge in [0, 0.05) is 13.0 Å². The molecule has 7 heteroatoms. The van der Waals surface area contributed by atoms with Crippen LogP contribution < -0.4 is 5.32 Å². The summed E-state index contributed by atoms with van der Waals surface area (Å²) in [6, 6.07) is -0.284. The Bertz CT molecular complexity index is 472.